The van der Waals surface area contributed by atoms with Crippen molar-refractivity contribution in [1.29, 1.82) is 0 Å². The Morgan fingerprint density at radius 3 is 2.90 bits per heavy atom. The molecule has 0 spiro atoms. The van der Waals surface area contributed by atoms with Crippen LogP contribution in [0.3, 0.4) is 0 Å². The van der Waals surface area contributed by atoms with Gasteiger partial charge >= 0.3 is 0 Å². The summed E-state index contributed by atoms with van der Waals surface area (Å²) in [5, 5.41) is 7.44. The summed E-state index contributed by atoms with van der Waals surface area (Å²) < 4.78 is 3.51. The van der Waals surface area contributed by atoms with Crippen molar-refractivity contribution in [3.8, 4) is 5.95 Å². The van der Waals surface area contributed by atoms with E-state index in [1.165, 1.54) is 0 Å². The van der Waals surface area contributed by atoms with E-state index in [2.05, 4.69) is 30.4 Å². The van der Waals surface area contributed by atoms with Gasteiger partial charge in [0.2, 0.25) is 17.2 Å². The molecule has 8 nitrogen and oxygen atoms in total. The summed E-state index contributed by atoms with van der Waals surface area (Å²) >= 11 is 5.91. The molecular weight excluding hydrogens is 292 g/mol. The molecule has 9 heteroatoms. The van der Waals surface area contributed by atoms with Crippen LogP contribution in [0, 0.1) is 6.92 Å². The Morgan fingerprint density at radius 1 is 1.29 bits per heavy atom. The van der Waals surface area contributed by atoms with E-state index in [4.69, 9.17) is 11.6 Å². The van der Waals surface area contributed by atoms with Crippen LogP contribution < -0.4 is 5.32 Å². The number of nitrogens with zero attached hydrogens (tertiary/aromatic N) is 7. The lowest BCUT2D eigenvalue weighted by atomic mass is 10.4. The molecule has 108 valence electrons. The Kier molecular flexibility index (Phi) is 3.78. The molecule has 0 aliphatic heterocycles. The number of aryl methyl sites for hydroxylation is 1. The van der Waals surface area contributed by atoms with Crippen molar-refractivity contribution >= 4 is 17.5 Å². The van der Waals surface area contributed by atoms with E-state index in [-0.39, 0.29) is 5.28 Å². The first-order chi connectivity index (χ1) is 10.2. The number of hydrogen-bond donors (Lipinski definition) is 1. The highest BCUT2D eigenvalue weighted by molar-refractivity contribution is 6.28. The Hall–Kier alpha value is -2.48. The van der Waals surface area contributed by atoms with E-state index >= 15 is 0 Å². The van der Waals surface area contributed by atoms with Crippen LogP contribution in [0.25, 0.3) is 5.95 Å². The number of imidazole rings is 1. The summed E-state index contributed by atoms with van der Waals surface area (Å²) in [6.07, 6.45) is 8.77. The highest BCUT2D eigenvalue weighted by Gasteiger charge is 2.06. The fraction of sp³-hybridized carbons (Fsp3) is 0.250. The van der Waals surface area contributed by atoms with E-state index in [9.17, 15) is 0 Å². The van der Waals surface area contributed by atoms with Crippen molar-refractivity contribution in [2.75, 3.05) is 11.9 Å². The quantitative estimate of drug-likeness (QED) is 0.765. The molecule has 21 heavy (non-hydrogen) atoms. The molecule has 0 fully saturated rings. The van der Waals surface area contributed by atoms with Crippen molar-refractivity contribution in [3.63, 3.8) is 0 Å². The van der Waals surface area contributed by atoms with Gasteiger partial charge in [0.1, 0.15) is 6.33 Å². The number of halogens is 1. The lowest BCUT2D eigenvalue weighted by Gasteiger charge is -2.07. The third-order valence-electron chi connectivity index (χ3n) is 2.72. The van der Waals surface area contributed by atoms with Crippen molar-refractivity contribution in [2.24, 2.45) is 0 Å². The Balaban J connectivity index is 1.68. The minimum absolute atomic E-state index is 0.131. The second kappa shape index (κ2) is 5.88. The first-order valence-electron chi connectivity index (χ1n) is 6.33. The lowest BCUT2D eigenvalue weighted by Crippen LogP contribution is -2.14. The molecule has 0 saturated heterocycles. The molecule has 0 atom stereocenters. The maximum absolute atomic E-state index is 5.91. The smallest absolute Gasteiger partial charge is 0.241 e. The first kappa shape index (κ1) is 13.5. The third kappa shape index (κ3) is 3.34. The van der Waals surface area contributed by atoms with Crippen molar-refractivity contribution in [2.45, 2.75) is 13.5 Å². The average Bonchev–Trinajstić information content (AvgIpc) is 3.10. The predicted molar refractivity (Wildman–Crippen MR) is 77.4 cm³/mol. The van der Waals surface area contributed by atoms with Crippen LogP contribution in [0.2, 0.25) is 5.28 Å². The van der Waals surface area contributed by atoms with Crippen LogP contribution in [-0.4, -0.2) is 40.8 Å². The second-order valence-electron chi connectivity index (χ2n) is 4.41. The molecule has 0 aliphatic carbocycles. The summed E-state index contributed by atoms with van der Waals surface area (Å²) in [6.45, 7) is 3.34. The number of aromatic nitrogens is 7. The van der Waals surface area contributed by atoms with Gasteiger partial charge in [-0.1, -0.05) is 0 Å². The number of rotatable bonds is 5. The van der Waals surface area contributed by atoms with Gasteiger partial charge in [-0.25, -0.2) is 4.98 Å². The topological polar surface area (TPSA) is 86.3 Å². The average molecular weight is 305 g/mol. The fourth-order valence-corrected chi connectivity index (χ4v) is 1.94. The van der Waals surface area contributed by atoms with E-state index in [1.54, 1.807) is 23.3 Å². The molecule has 0 bridgehead atoms. The third-order valence-corrected chi connectivity index (χ3v) is 2.89. The van der Waals surface area contributed by atoms with E-state index in [0.29, 0.717) is 25.0 Å². The molecule has 3 heterocycles. The Morgan fingerprint density at radius 2 is 2.19 bits per heavy atom. The van der Waals surface area contributed by atoms with Gasteiger partial charge in [0.15, 0.2) is 0 Å². The molecule has 0 saturated carbocycles. The molecule has 0 aliphatic rings. The zero-order valence-corrected chi connectivity index (χ0v) is 12.1. The highest BCUT2D eigenvalue weighted by atomic mass is 35.5. The molecule has 3 aromatic heterocycles. The fourth-order valence-electron chi connectivity index (χ4n) is 1.78. The van der Waals surface area contributed by atoms with Gasteiger partial charge in [0.05, 0.1) is 12.7 Å². The highest BCUT2D eigenvalue weighted by Crippen LogP contribution is 2.09. The number of anilines is 1. The van der Waals surface area contributed by atoms with E-state index in [1.807, 2.05) is 24.0 Å². The van der Waals surface area contributed by atoms with Crippen molar-refractivity contribution < 1.29 is 0 Å². The van der Waals surface area contributed by atoms with E-state index < -0.39 is 0 Å². The van der Waals surface area contributed by atoms with Crippen molar-refractivity contribution in [3.05, 3.63) is 42.0 Å². The largest absolute Gasteiger partial charge is 0.352 e. The molecule has 0 radical (unpaired) electrons. The maximum Gasteiger partial charge on any atom is 0.241 e. The molecule has 0 unspecified atom stereocenters. The Bertz CT molecular complexity index is 721. The summed E-state index contributed by atoms with van der Waals surface area (Å²) in [5.74, 6) is 0.840. The van der Waals surface area contributed by atoms with Crippen LogP contribution in [0.4, 0.5) is 5.95 Å². The number of nitrogens with one attached hydrogen (secondary N) is 1. The van der Waals surface area contributed by atoms with Crippen molar-refractivity contribution in [1.82, 2.24) is 34.3 Å². The maximum atomic E-state index is 5.91. The van der Waals surface area contributed by atoms with Crippen LogP contribution in [0.15, 0.2) is 31.1 Å². The normalized spacial score (nSPS) is 10.8. The molecule has 1 N–H and O–H groups in total. The molecule has 0 aromatic carbocycles. The number of hydrogen-bond acceptors (Lipinski definition) is 6. The SMILES string of the molecule is Cc1cnn(CCNc2nc(Cl)nc(-n3ccnc3)n2)c1. The van der Waals surface area contributed by atoms with Gasteiger partial charge in [-0.05, 0) is 24.1 Å². The first-order valence-corrected chi connectivity index (χ1v) is 6.71. The minimum Gasteiger partial charge on any atom is -0.352 e. The zero-order valence-electron chi connectivity index (χ0n) is 11.3. The summed E-state index contributed by atoms with van der Waals surface area (Å²) in [5.41, 5.74) is 1.13. The van der Waals surface area contributed by atoms with Crippen LogP contribution >= 0.6 is 11.6 Å². The zero-order chi connectivity index (χ0) is 14.7. The van der Waals surface area contributed by atoms with Crippen LogP contribution in [0.1, 0.15) is 5.56 Å². The predicted octanol–water partition coefficient (Wildman–Crippen LogP) is 1.33. The standard InChI is InChI=1S/C12H13ClN8/c1-9-6-16-21(7-9)5-3-15-11-17-10(13)18-12(19-11)20-4-2-14-8-20/h2,4,6-8H,3,5H2,1H3,(H,15,17,18,19). The van der Waals surface area contributed by atoms with Gasteiger partial charge in [0, 0.05) is 25.1 Å². The summed E-state index contributed by atoms with van der Waals surface area (Å²) in [7, 11) is 0. The summed E-state index contributed by atoms with van der Waals surface area (Å²) in [4.78, 5) is 16.3. The second-order valence-corrected chi connectivity index (χ2v) is 4.74. The van der Waals surface area contributed by atoms with Crippen LogP contribution in [-0.2, 0) is 6.54 Å². The molecule has 0 amide bonds. The minimum atomic E-state index is 0.131. The van der Waals surface area contributed by atoms with Gasteiger partial charge in [-0.3, -0.25) is 9.25 Å². The van der Waals surface area contributed by atoms with Gasteiger partial charge < -0.3 is 5.32 Å². The van der Waals surface area contributed by atoms with E-state index in [0.717, 1.165) is 5.56 Å². The molecule has 3 aromatic rings. The van der Waals surface area contributed by atoms with Gasteiger partial charge in [-0.15, -0.1) is 0 Å². The van der Waals surface area contributed by atoms with Gasteiger partial charge in [0.25, 0.3) is 0 Å². The van der Waals surface area contributed by atoms with Crippen LogP contribution in [0.5, 0.6) is 0 Å². The Labute approximate surface area is 125 Å². The summed E-state index contributed by atoms with van der Waals surface area (Å²) in [6, 6.07) is 0. The molecule has 3 rings (SSSR count). The van der Waals surface area contributed by atoms with Gasteiger partial charge in [-0.2, -0.15) is 20.1 Å². The monoisotopic (exact) mass is 304 g/mol. The lowest BCUT2D eigenvalue weighted by molar-refractivity contribution is 0.635. The molecular formula is C12H13ClN8.